The third-order valence-electron chi connectivity index (χ3n) is 5.80. The lowest BCUT2D eigenvalue weighted by molar-refractivity contribution is -0.116. The number of benzene rings is 2. The number of ether oxygens (including phenoxy) is 1. The van der Waals surface area contributed by atoms with Crippen molar-refractivity contribution in [1.82, 2.24) is 0 Å². The quantitative estimate of drug-likeness (QED) is 0.593. The standard InChI is InChI=1S/C24H25FN2O4/c1-15-17-9-8-16(30-2)14-21(17)31-24(29)18(15)10-11-22(28)26-23-19(25)6-5-7-20(23)27-12-3-4-13-27/h5-9,14H,3-4,10-13H2,1-2H3,(H,26,28). The van der Waals surface area contributed by atoms with E-state index < -0.39 is 11.4 Å². The highest BCUT2D eigenvalue weighted by Gasteiger charge is 2.20. The van der Waals surface area contributed by atoms with Gasteiger partial charge in [0.2, 0.25) is 5.91 Å². The fourth-order valence-corrected chi connectivity index (χ4v) is 4.09. The summed E-state index contributed by atoms with van der Waals surface area (Å²) in [6.07, 6.45) is 2.34. The fourth-order valence-electron chi connectivity index (χ4n) is 4.09. The minimum atomic E-state index is -0.477. The van der Waals surface area contributed by atoms with Crippen LogP contribution in [0.5, 0.6) is 5.75 Å². The van der Waals surface area contributed by atoms with Gasteiger partial charge in [-0.3, -0.25) is 4.79 Å². The molecular weight excluding hydrogens is 399 g/mol. The van der Waals surface area contributed by atoms with Crippen molar-refractivity contribution in [3.05, 3.63) is 63.8 Å². The first-order valence-corrected chi connectivity index (χ1v) is 10.4. The van der Waals surface area contributed by atoms with E-state index in [2.05, 4.69) is 10.2 Å². The first kappa shape index (κ1) is 20.9. The van der Waals surface area contributed by atoms with Crippen LogP contribution in [0.15, 0.2) is 45.6 Å². The average Bonchev–Trinajstić information content (AvgIpc) is 3.29. The summed E-state index contributed by atoms with van der Waals surface area (Å²) >= 11 is 0. The van der Waals surface area contributed by atoms with Crippen LogP contribution >= 0.6 is 0 Å². The lowest BCUT2D eigenvalue weighted by Crippen LogP contribution is -2.22. The van der Waals surface area contributed by atoms with E-state index in [1.807, 2.05) is 19.1 Å². The van der Waals surface area contributed by atoms with E-state index >= 15 is 0 Å². The number of rotatable bonds is 6. The Bertz CT molecular complexity index is 1180. The van der Waals surface area contributed by atoms with Crippen LogP contribution in [0.2, 0.25) is 0 Å². The van der Waals surface area contributed by atoms with E-state index in [1.54, 1.807) is 25.3 Å². The van der Waals surface area contributed by atoms with Crippen LogP contribution in [0.25, 0.3) is 11.0 Å². The van der Waals surface area contributed by atoms with Crippen molar-refractivity contribution in [2.45, 2.75) is 32.6 Å². The van der Waals surface area contributed by atoms with Crippen molar-refractivity contribution in [2.24, 2.45) is 0 Å². The highest BCUT2D eigenvalue weighted by molar-refractivity contribution is 5.95. The molecule has 1 aromatic heterocycles. The van der Waals surface area contributed by atoms with Crippen molar-refractivity contribution in [1.29, 1.82) is 0 Å². The molecule has 7 heteroatoms. The normalized spacial score (nSPS) is 13.6. The van der Waals surface area contributed by atoms with Gasteiger partial charge in [0.05, 0.1) is 12.8 Å². The van der Waals surface area contributed by atoms with Gasteiger partial charge >= 0.3 is 5.63 Å². The number of hydrogen-bond donors (Lipinski definition) is 1. The Balaban J connectivity index is 1.52. The van der Waals surface area contributed by atoms with E-state index in [9.17, 15) is 14.0 Å². The number of anilines is 2. The number of hydrogen-bond acceptors (Lipinski definition) is 5. The topological polar surface area (TPSA) is 71.8 Å². The molecule has 2 heterocycles. The number of para-hydroxylation sites is 1. The maximum atomic E-state index is 14.5. The Kier molecular flexibility index (Phi) is 5.93. The Morgan fingerprint density at radius 3 is 2.74 bits per heavy atom. The number of methoxy groups -OCH3 is 1. The second kappa shape index (κ2) is 8.79. The zero-order chi connectivity index (χ0) is 22.0. The van der Waals surface area contributed by atoms with E-state index in [0.717, 1.165) is 36.9 Å². The second-order valence-electron chi connectivity index (χ2n) is 7.73. The van der Waals surface area contributed by atoms with E-state index in [4.69, 9.17) is 9.15 Å². The van der Waals surface area contributed by atoms with Crippen LogP contribution in [0.3, 0.4) is 0 Å². The van der Waals surface area contributed by atoms with Crippen LogP contribution in [0.1, 0.15) is 30.4 Å². The number of amides is 1. The number of nitrogens with zero attached hydrogens (tertiary/aromatic N) is 1. The molecule has 162 valence electrons. The molecule has 1 N–H and O–H groups in total. The molecule has 0 spiro atoms. The number of nitrogens with one attached hydrogen (secondary N) is 1. The first-order valence-electron chi connectivity index (χ1n) is 10.4. The zero-order valence-electron chi connectivity index (χ0n) is 17.7. The summed E-state index contributed by atoms with van der Waals surface area (Å²) in [7, 11) is 1.55. The molecule has 0 aliphatic carbocycles. The molecule has 0 unspecified atom stereocenters. The van der Waals surface area contributed by atoms with Gasteiger partial charge in [0, 0.05) is 36.5 Å². The molecule has 1 saturated heterocycles. The van der Waals surface area contributed by atoms with Gasteiger partial charge in [0.1, 0.15) is 22.8 Å². The molecule has 1 amide bonds. The summed E-state index contributed by atoms with van der Waals surface area (Å²) in [4.78, 5) is 27.2. The van der Waals surface area contributed by atoms with E-state index in [-0.39, 0.29) is 24.4 Å². The molecule has 0 bridgehead atoms. The van der Waals surface area contributed by atoms with Crippen LogP contribution < -0.4 is 20.6 Å². The fraction of sp³-hybridized carbons (Fsp3) is 0.333. The van der Waals surface area contributed by atoms with E-state index in [0.29, 0.717) is 22.6 Å². The Labute approximate surface area is 179 Å². The number of carbonyl (C=O) groups is 1. The van der Waals surface area contributed by atoms with Crippen LogP contribution in [0, 0.1) is 12.7 Å². The smallest absolute Gasteiger partial charge is 0.339 e. The van der Waals surface area contributed by atoms with Gasteiger partial charge in [-0.25, -0.2) is 9.18 Å². The average molecular weight is 424 g/mol. The van der Waals surface area contributed by atoms with Gasteiger partial charge in [0.15, 0.2) is 0 Å². The largest absolute Gasteiger partial charge is 0.497 e. The van der Waals surface area contributed by atoms with Crippen LogP contribution in [0.4, 0.5) is 15.8 Å². The summed E-state index contributed by atoms with van der Waals surface area (Å²) in [6, 6.07) is 10.1. The molecule has 6 nitrogen and oxygen atoms in total. The SMILES string of the molecule is COc1ccc2c(C)c(CCC(=O)Nc3c(F)cccc3N3CCCC3)c(=O)oc2c1. The Morgan fingerprint density at radius 1 is 1.23 bits per heavy atom. The summed E-state index contributed by atoms with van der Waals surface area (Å²) in [5, 5.41) is 3.51. The molecule has 31 heavy (non-hydrogen) atoms. The molecular formula is C24H25FN2O4. The van der Waals surface area contributed by atoms with Crippen LogP contribution in [-0.2, 0) is 11.2 Å². The van der Waals surface area contributed by atoms with Gasteiger partial charge in [0.25, 0.3) is 0 Å². The van der Waals surface area contributed by atoms with Crippen molar-refractivity contribution >= 4 is 28.3 Å². The Morgan fingerprint density at radius 2 is 2.00 bits per heavy atom. The molecule has 1 aliphatic rings. The minimum Gasteiger partial charge on any atom is -0.497 e. The summed E-state index contributed by atoms with van der Waals surface area (Å²) < 4.78 is 25.1. The predicted molar refractivity (Wildman–Crippen MR) is 119 cm³/mol. The zero-order valence-corrected chi connectivity index (χ0v) is 17.7. The maximum Gasteiger partial charge on any atom is 0.339 e. The molecule has 3 aromatic rings. The summed E-state index contributed by atoms with van der Waals surface area (Å²) in [5.74, 6) is -0.215. The number of carbonyl (C=O) groups excluding carboxylic acids is 1. The van der Waals surface area contributed by atoms with Gasteiger partial charge in [-0.05, 0) is 56.0 Å². The number of halogens is 1. The molecule has 0 radical (unpaired) electrons. The number of aryl methyl sites for hydroxylation is 1. The Hall–Kier alpha value is -3.35. The minimum absolute atomic E-state index is 0.0427. The van der Waals surface area contributed by atoms with Gasteiger partial charge < -0.3 is 19.4 Å². The van der Waals surface area contributed by atoms with Crippen molar-refractivity contribution < 1.29 is 18.3 Å². The summed E-state index contributed by atoms with van der Waals surface area (Å²) in [6.45, 7) is 3.52. The van der Waals surface area contributed by atoms with Crippen molar-refractivity contribution in [3.63, 3.8) is 0 Å². The third-order valence-corrected chi connectivity index (χ3v) is 5.80. The summed E-state index contributed by atoms with van der Waals surface area (Å²) in [5.41, 5.74) is 2.07. The van der Waals surface area contributed by atoms with E-state index in [1.165, 1.54) is 6.07 Å². The van der Waals surface area contributed by atoms with Crippen molar-refractivity contribution in [2.75, 3.05) is 30.4 Å². The molecule has 4 rings (SSSR count). The lowest BCUT2D eigenvalue weighted by atomic mass is 10.0. The van der Waals surface area contributed by atoms with Gasteiger partial charge in [-0.2, -0.15) is 0 Å². The van der Waals surface area contributed by atoms with Crippen LogP contribution in [-0.4, -0.2) is 26.1 Å². The second-order valence-corrected chi connectivity index (χ2v) is 7.73. The van der Waals surface area contributed by atoms with Gasteiger partial charge in [-0.15, -0.1) is 0 Å². The molecule has 1 aliphatic heterocycles. The first-order chi connectivity index (χ1) is 15.0. The monoisotopic (exact) mass is 424 g/mol. The highest BCUT2D eigenvalue weighted by Crippen LogP contribution is 2.31. The maximum absolute atomic E-state index is 14.5. The highest BCUT2D eigenvalue weighted by atomic mass is 19.1. The molecule has 0 saturated carbocycles. The predicted octanol–water partition coefficient (Wildman–Crippen LogP) is 4.42. The molecule has 0 atom stereocenters. The third kappa shape index (κ3) is 4.26. The van der Waals surface area contributed by atoms with Crippen molar-refractivity contribution in [3.8, 4) is 5.75 Å². The van der Waals surface area contributed by atoms with Gasteiger partial charge in [-0.1, -0.05) is 6.07 Å². The molecule has 2 aromatic carbocycles. The number of fused-ring (bicyclic) bond motifs is 1. The molecule has 1 fully saturated rings. The lowest BCUT2D eigenvalue weighted by Gasteiger charge is -2.22.